The third-order valence-corrected chi connectivity index (χ3v) is 2.45. The first kappa shape index (κ1) is 11.8. The van der Waals surface area contributed by atoms with Crippen LogP contribution in [-0.4, -0.2) is 29.5 Å². The van der Waals surface area contributed by atoms with Crippen LogP contribution < -0.4 is 0 Å². The molecule has 4 nitrogen and oxygen atoms in total. The Labute approximate surface area is 89.9 Å². The number of carbonyl (C=O) groups excluding carboxylic acids is 2. The molecule has 1 saturated heterocycles. The van der Waals surface area contributed by atoms with Crippen LogP contribution >= 0.6 is 0 Å². The lowest BCUT2D eigenvalue weighted by Gasteiger charge is -2.19. The Kier molecular flexibility index (Phi) is 4.34. The van der Waals surface area contributed by atoms with Crippen LogP contribution in [0.5, 0.6) is 0 Å². The maximum Gasteiger partial charge on any atom is 0.417 e. The Bertz CT molecular complexity index is 263. The molecule has 1 fully saturated rings. The van der Waals surface area contributed by atoms with Gasteiger partial charge in [0.25, 0.3) is 0 Å². The van der Waals surface area contributed by atoms with Crippen molar-refractivity contribution in [1.29, 1.82) is 0 Å². The van der Waals surface area contributed by atoms with Gasteiger partial charge in [0.15, 0.2) is 0 Å². The summed E-state index contributed by atoms with van der Waals surface area (Å²) in [5.74, 6) is -0.165. The summed E-state index contributed by atoms with van der Waals surface area (Å²) < 4.78 is 4.99. The Hall–Kier alpha value is -1.32. The highest BCUT2D eigenvalue weighted by Crippen LogP contribution is 2.20. The predicted octanol–water partition coefficient (Wildman–Crippen LogP) is 2.10. The van der Waals surface area contributed by atoms with Crippen molar-refractivity contribution < 1.29 is 14.3 Å². The molecule has 0 saturated carbocycles. The second-order valence-electron chi connectivity index (χ2n) is 3.57. The normalized spacial score (nSPS) is 20.5. The largest absolute Gasteiger partial charge is 0.449 e. The van der Waals surface area contributed by atoms with Gasteiger partial charge in [-0.1, -0.05) is 19.4 Å². The third kappa shape index (κ3) is 2.81. The lowest BCUT2D eigenvalue weighted by atomic mass is 10.2. The van der Waals surface area contributed by atoms with E-state index in [-0.39, 0.29) is 11.9 Å². The summed E-state index contributed by atoms with van der Waals surface area (Å²) in [5, 5.41) is 0. The van der Waals surface area contributed by atoms with Crippen LogP contribution in [0, 0.1) is 0 Å². The Balaban J connectivity index is 2.49. The number of ether oxygens (including phenoxy) is 1. The van der Waals surface area contributed by atoms with Gasteiger partial charge in [-0.05, 0) is 12.8 Å². The van der Waals surface area contributed by atoms with E-state index in [0.717, 1.165) is 12.8 Å². The molecular weight excluding hydrogens is 194 g/mol. The van der Waals surface area contributed by atoms with Crippen molar-refractivity contribution in [3.63, 3.8) is 0 Å². The molecule has 0 spiro atoms. The van der Waals surface area contributed by atoms with Gasteiger partial charge in [-0.3, -0.25) is 4.79 Å². The van der Waals surface area contributed by atoms with Gasteiger partial charge in [0, 0.05) is 6.42 Å². The zero-order valence-corrected chi connectivity index (χ0v) is 9.07. The molecule has 1 heterocycles. The minimum absolute atomic E-state index is 0.165. The van der Waals surface area contributed by atoms with Crippen LogP contribution in [-0.2, 0) is 9.53 Å². The summed E-state index contributed by atoms with van der Waals surface area (Å²) in [6.07, 6.45) is 3.94. The molecule has 0 radical (unpaired) electrons. The number of carbonyl (C=O) groups is 2. The summed E-state index contributed by atoms with van der Waals surface area (Å²) in [7, 11) is 0. The lowest BCUT2D eigenvalue weighted by molar-refractivity contribution is -0.126. The fourth-order valence-electron chi connectivity index (χ4n) is 1.54. The van der Waals surface area contributed by atoms with E-state index >= 15 is 0 Å². The minimum Gasteiger partial charge on any atom is -0.449 e. The molecule has 1 aliphatic rings. The first-order valence-corrected chi connectivity index (χ1v) is 5.32. The second kappa shape index (κ2) is 5.53. The number of amides is 2. The maximum atomic E-state index is 11.5. The molecule has 0 aromatic rings. The Morgan fingerprint density at radius 2 is 2.47 bits per heavy atom. The van der Waals surface area contributed by atoms with E-state index in [9.17, 15) is 9.59 Å². The van der Waals surface area contributed by atoms with E-state index in [0.29, 0.717) is 19.4 Å². The number of rotatable bonds is 4. The number of hydrogen-bond acceptors (Lipinski definition) is 3. The molecule has 0 aliphatic carbocycles. The zero-order chi connectivity index (χ0) is 11.3. The van der Waals surface area contributed by atoms with Crippen LogP contribution in [0.1, 0.15) is 32.6 Å². The molecule has 15 heavy (non-hydrogen) atoms. The molecule has 0 aromatic carbocycles. The Morgan fingerprint density at radius 1 is 1.73 bits per heavy atom. The van der Waals surface area contributed by atoms with Crippen molar-refractivity contribution >= 4 is 12.0 Å². The zero-order valence-electron chi connectivity index (χ0n) is 9.07. The van der Waals surface area contributed by atoms with Gasteiger partial charge in [-0.15, -0.1) is 6.58 Å². The van der Waals surface area contributed by atoms with E-state index in [1.165, 1.54) is 4.90 Å². The lowest BCUT2D eigenvalue weighted by Crippen LogP contribution is -2.38. The predicted molar refractivity (Wildman–Crippen MR) is 56.3 cm³/mol. The topological polar surface area (TPSA) is 46.6 Å². The van der Waals surface area contributed by atoms with Gasteiger partial charge in [0.1, 0.15) is 0 Å². The van der Waals surface area contributed by atoms with E-state index in [4.69, 9.17) is 4.74 Å². The molecule has 1 unspecified atom stereocenters. The highest BCUT2D eigenvalue weighted by molar-refractivity contribution is 5.94. The molecule has 1 atom stereocenters. The third-order valence-electron chi connectivity index (χ3n) is 2.45. The number of unbranched alkanes of at least 4 members (excludes halogenated alkanes) is 1. The fraction of sp³-hybridized carbons (Fsp3) is 0.636. The molecule has 1 rings (SSSR count). The van der Waals surface area contributed by atoms with E-state index in [1.807, 2.05) is 6.92 Å². The summed E-state index contributed by atoms with van der Waals surface area (Å²) in [6.45, 7) is 6.00. The highest BCUT2D eigenvalue weighted by atomic mass is 16.6. The van der Waals surface area contributed by atoms with Crippen LogP contribution in [0.2, 0.25) is 0 Å². The van der Waals surface area contributed by atoms with Crippen molar-refractivity contribution in [1.82, 2.24) is 4.90 Å². The molecule has 4 heteroatoms. The van der Waals surface area contributed by atoms with Gasteiger partial charge in [-0.2, -0.15) is 0 Å². The SMILES string of the molecule is C=CC1CCC(=O)N1C(=O)OCCCC. The fourth-order valence-corrected chi connectivity index (χ4v) is 1.54. The standard InChI is InChI=1S/C11H17NO3/c1-3-5-8-15-11(14)12-9(4-2)6-7-10(12)13/h4,9H,2-3,5-8H2,1H3. The van der Waals surface area contributed by atoms with Gasteiger partial charge in [0.2, 0.25) is 5.91 Å². The highest BCUT2D eigenvalue weighted by Gasteiger charge is 2.34. The van der Waals surface area contributed by atoms with E-state index in [2.05, 4.69) is 6.58 Å². The summed E-state index contributed by atoms with van der Waals surface area (Å²) in [4.78, 5) is 24.1. The maximum absolute atomic E-state index is 11.5. The number of imide groups is 1. The number of hydrogen-bond donors (Lipinski definition) is 0. The Morgan fingerprint density at radius 3 is 3.07 bits per heavy atom. The minimum atomic E-state index is -0.532. The van der Waals surface area contributed by atoms with Gasteiger partial charge in [-0.25, -0.2) is 9.69 Å². The van der Waals surface area contributed by atoms with Crippen molar-refractivity contribution in [2.45, 2.75) is 38.6 Å². The van der Waals surface area contributed by atoms with Crippen molar-refractivity contribution in [3.05, 3.63) is 12.7 Å². The second-order valence-corrected chi connectivity index (χ2v) is 3.57. The molecule has 84 valence electrons. The van der Waals surface area contributed by atoms with Crippen LogP contribution in [0.4, 0.5) is 4.79 Å². The molecule has 0 N–H and O–H groups in total. The quantitative estimate of drug-likeness (QED) is 0.528. The number of nitrogens with zero attached hydrogens (tertiary/aromatic N) is 1. The molecule has 2 amide bonds. The summed E-state index contributed by atoms with van der Waals surface area (Å²) in [5.41, 5.74) is 0. The van der Waals surface area contributed by atoms with Crippen LogP contribution in [0.15, 0.2) is 12.7 Å². The van der Waals surface area contributed by atoms with Crippen molar-refractivity contribution in [3.8, 4) is 0 Å². The van der Waals surface area contributed by atoms with Crippen molar-refractivity contribution in [2.24, 2.45) is 0 Å². The summed E-state index contributed by atoms with van der Waals surface area (Å²) >= 11 is 0. The van der Waals surface area contributed by atoms with Crippen LogP contribution in [0.3, 0.4) is 0 Å². The smallest absolute Gasteiger partial charge is 0.417 e. The molecular formula is C11H17NO3. The van der Waals surface area contributed by atoms with Crippen LogP contribution in [0.25, 0.3) is 0 Å². The molecule has 0 bridgehead atoms. The number of likely N-dealkylation sites (tertiary alicyclic amines) is 1. The molecule has 1 aliphatic heterocycles. The molecule has 0 aromatic heterocycles. The first-order valence-electron chi connectivity index (χ1n) is 5.32. The summed E-state index contributed by atoms with van der Waals surface area (Å²) in [6, 6.07) is -0.188. The first-order chi connectivity index (χ1) is 7.20. The van der Waals surface area contributed by atoms with E-state index in [1.54, 1.807) is 6.08 Å². The van der Waals surface area contributed by atoms with Crippen molar-refractivity contribution in [2.75, 3.05) is 6.61 Å². The average molecular weight is 211 g/mol. The van der Waals surface area contributed by atoms with Gasteiger partial charge in [0.05, 0.1) is 12.6 Å². The van der Waals surface area contributed by atoms with E-state index < -0.39 is 6.09 Å². The van der Waals surface area contributed by atoms with Gasteiger partial charge >= 0.3 is 6.09 Å². The average Bonchev–Trinajstić information content (AvgIpc) is 2.59. The van der Waals surface area contributed by atoms with Gasteiger partial charge < -0.3 is 4.74 Å². The monoisotopic (exact) mass is 211 g/mol.